The molecule has 0 radical (unpaired) electrons. The zero-order valence-electron chi connectivity index (χ0n) is 28.6. The van der Waals surface area contributed by atoms with E-state index in [9.17, 15) is 0 Å². The van der Waals surface area contributed by atoms with Crippen LogP contribution in [0.2, 0.25) is 0 Å². The van der Waals surface area contributed by atoms with Gasteiger partial charge in [-0.3, -0.25) is 0 Å². The summed E-state index contributed by atoms with van der Waals surface area (Å²) in [6.07, 6.45) is 0. The Hall–Kier alpha value is -7.17. The Bertz CT molecular complexity index is 2940. The zero-order chi connectivity index (χ0) is 35.1. The summed E-state index contributed by atoms with van der Waals surface area (Å²) in [4.78, 5) is 15.8. The van der Waals surface area contributed by atoms with Crippen LogP contribution in [0.4, 0.5) is 0 Å². The fourth-order valence-electron chi connectivity index (χ4n) is 7.36. The van der Waals surface area contributed by atoms with Crippen LogP contribution < -0.4 is 0 Å². The summed E-state index contributed by atoms with van der Waals surface area (Å²) in [7, 11) is 0. The van der Waals surface area contributed by atoms with Gasteiger partial charge in [-0.15, -0.1) is 0 Å². The average Bonchev–Trinajstić information content (AvgIpc) is 3.62. The van der Waals surface area contributed by atoms with E-state index in [0.29, 0.717) is 17.5 Å². The summed E-state index contributed by atoms with van der Waals surface area (Å²) in [5.41, 5.74) is 11.2. The van der Waals surface area contributed by atoms with Gasteiger partial charge in [0.25, 0.3) is 0 Å². The van der Waals surface area contributed by atoms with Crippen LogP contribution in [0.15, 0.2) is 192 Å². The van der Waals surface area contributed by atoms with Crippen LogP contribution in [-0.2, 0) is 0 Å². The Balaban J connectivity index is 1.24. The molecule has 0 aliphatic heterocycles. The molecule has 0 aliphatic rings. The summed E-state index contributed by atoms with van der Waals surface area (Å²) in [5.74, 6) is 1.82. The Morgan fingerprint density at radius 1 is 0.283 bits per heavy atom. The molecule has 0 amide bonds. The maximum Gasteiger partial charge on any atom is 0.164 e. The van der Waals surface area contributed by atoms with Crippen LogP contribution in [0.5, 0.6) is 0 Å². The molecule has 2 aromatic heterocycles. The topological polar surface area (TPSA) is 51.8 Å². The summed E-state index contributed by atoms with van der Waals surface area (Å²) < 4.78 is 6.60. The molecule has 8 aromatic carbocycles. The average molecular weight is 678 g/mol. The van der Waals surface area contributed by atoms with Gasteiger partial charge in [0.1, 0.15) is 11.2 Å². The van der Waals surface area contributed by atoms with Crippen LogP contribution in [0.3, 0.4) is 0 Å². The number of rotatable bonds is 6. The molecule has 0 saturated heterocycles. The van der Waals surface area contributed by atoms with Gasteiger partial charge in [-0.25, -0.2) is 15.0 Å². The largest absolute Gasteiger partial charge is 0.455 e. The van der Waals surface area contributed by atoms with E-state index < -0.39 is 0 Å². The van der Waals surface area contributed by atoms with Crippen molar-refractivity contribution in [2.75, 3.05) is 0 Å². The fourth-order valence-corrected chi connectivity index (χ4v) is 7.36. The maximum absolute atomic E-state index is 6.60. The number of benzene rings is 8. The Kier molecular flexibility index (Phi) is 7.43. The smallest absolute Gasteiger partial charge is 0.164 e. The van der Waals surface area contributed by atoms with E-state index >= 15 is 0 Å². The summed E-state index contributed by atoms with van der Waals surface area (Å²) >= 11 is 0. The minimum absolute atomic E-state index is 0.602. The van der Waals surface area contributed by atoms with Crippen molar-refractivity contribution < 1.29 is 4.42 Å². The Morgan fingerprint density at radius 3 is 1.53 bits per heavy atom. The fraction of sp³-hybridized carbons (Fsp3) is 0. The SMILES string of the molecule is c1ccc(-c2cccc(-c3nc(-c4ccccc4-c4ccccc4)nc(-c4cc5c6cc(-c7ccccc7)ccc6oc5c5ccccc45)n3)c2)cc1. The third kappa shape index (κ3) is 5.54. The van der Waals surface area contributed by atoms with E-state index in [0.717, 1.165) is 82.8 Å². The highest BCUT2D eigenvalue weighted by molar-refractivity contribution is 6.19. The molecule has 0 fully saturated rings. The highest BCUT2D eigenvalue weighted by Crippen LogP contribution is 2.41. The van der Waals surface area contributed by atoms with E-state index in [2.05, 4.69) is 164 Å². The molecule has 0 bridgehead atoms. The molecular weight excluding hydrogens is 647 g/mol. The minimum Gasteiger partial charge on any atom is -0.455 e. The minimum atomic E-state index is 0.602. The van der Waals surface area contributed by atoms with Crippen molar-refractivity contribution in [2.24, 2.45) is 0 Å². The van der Waals surface area contributed by atoms with Crippen LogP contribution in [0, 0.1) is 0 Å². The number of fused-ring (bicyclic) bond motifs is 5. The molecule has 4 nitrogen and oxygen atoms in total. The Morgan fingerprint density at radius 2 is 0.811 bits per heavy atom. The molecule has 0 atom stereocenters. The van der Waals surface area contributed by atoms with Crippen molar-refractivity contribution in [3.63, 3.8) is 0 Å². The van der Waals surface area contributed by atoms with E-state index in [-0.39, 0.29) is 0 Å². The summed E-state index contributed by atoms with van der Waals surface area (Å²) in [6, 6.07) is 65.1. The predicted molar refractivity (Wildman–Crippen MR) is 217 cm³/mol. The first-order valence-electron chi connectivity index (χ1n) is 17.8. The van der Waals surface area contributed by atoms with E-state index in [1.807, 2.05) is 24.3 Å². The molecular formula is C49H31N3O. The molecule has 0 saturated carbocycles. The molecule has 0 N–H and O–H groups in total. The molecule has 2 heterocycles. The van der Waals surface area contributed by atoms with Crippen LogP contribution >= 0.6 is 0 Å². The normalized spacial score (nSPS) is 11.4. The monoisotopic (exact) mass is 677 g/mol. The van der Waals surface area contributed by atoms with Gasteiger partial charge >= 0.3 is 0 Å². The molecule has 0 aliphatic carbocycles. The van der Waals surface area contributed by atoms with Crippen molar-refractivity contribution in [2.45, 2.75) is 0 Å². The van der Waals surface area contributed by atoms with Crippen molar-refractivity contribution in [1.82, 2.24) is 15.0 Å². The number of aromatic nitrogens is 3. The van der Waals surface area contributed by atoms with Crippen LogP contribution in [0.1, 0.15) is 0 Å². The molecule has 0 unspecified atom stereocenters. The molecule has 10 rings (SSSR count). The summed E-state index contributed by atoms with van der Waals surface area (Å²) in [5, 5.41) is 4.09. The molecule has 248 valence electrons. The van der Waals surface area contributed by atoms with Gasteiger partial charge in [-0.05, 0) is 63.0 Å². The Labute approximate surface area is 306 Å². The zero-order valence-corrected chi connectivity index (χ0v) is 28.6. The lowest BCUT2D eigenvalue weighted by Gasteiger charge is -2.13. The second-order valence-electron chi connectivity index (χ2n) is 13.2. The third-order valence-electron chi connectivity index (χ3n) is 9.94. The number of nitrogens with zero attached hydrogens (tertiary/aromatic N) is 3. The van der Waals surface area contributed by atoms with Crippen LogP contribution in [-0.4, -0.2) is 15.0 Å². The van der Waals surface area contributed by atoms with Crippen molar-refractivity contribution in [3.05, 3.63) is 188 Å². The van der Waals surface area contributed by atoms with Gasteiger partial charge in [0.2, 0.25) is 0 Å². The number of furan rings is 1. The second-order valence-corrected chi connectivity index (χ2v) is 13.2. The molecule has 10 aromatic rings. The predicted octanol–water partition coefficient (Wildman–Crippen LogP) is 12.9. The van der Waals surface area contributed by atoms with Crippen molar-refractivity contribution in [3.8, 4) is 67.5 Å². The lowest BCUT2D eigenvalue weighted by Crippen LogP contribution is -2.01. The van der Waals surface area contributed by atoms with E-state index in [1.54, 1.807) is 0 Å². The van der Waals surface area contributed by atoms with Gasteiger partial charge in [0, 0.05) is 32.8 Å². The number of hydrogen-bond donors (Lipinski definition) is 0. The lowest BCUT2D eigenvalue weighted by molar-refractivity contribution is 0.673. The molecule has 4 heteroatoms. The van der Waals surface area contributed by atoms with Crippen molar-refractivity contribution in [1.29, 1.82) is 0 Å². The van der Waals surface area contributed by atoms with Gasteiger partial charge in [-0.2, -0.15) is 0 Å². The first-order valence-corrected chi connectivity index (χ1v) is 17.8. The van der Waals surface area contributed by atoms with Crippen molar-refractivity contribution >= 4 is 32.7 Å². The quantitative estimate of drug-likeness (QED) is 0.176. The standard InChI is InChI=1S/C49H31N3O/c1-4-15-32(16-5-1)35-21-14-22-37(29-35)47-50-48(41-26-13-10-23-38(41)34-19-8-3-9-20-34)52-49(51-47)44-31-43-42-30-36(33-17-6-2-7-18-33)27-28-45(42)53-46(43)40-25-12-11-24-39(40)44/h1-31H. The molecule has 53 heavy (non-hydrogen) atoms. The highest BCUT2D eigenvalue weighted by Gasteiger charge is 2.20. The second kappa shape index (κ2) is 12.9. The van der Waals surface area contributed by atoms with Gasteiger partial charge in [0.05, 0.1) is 0 Å². The van der Waals surface area contributed by atoms with Gasteiger partial charge in [0.15, 0.2) is 17.5 Å². The third-order valence-corrected chi connectivity index (χ3v) is 9.94. The van der Waals surface area contributed by atoms with Gasteiger partial charge < -0.3 is 4.42 Å². The number of hydrogen-bond acceptors (Lipinski definition) is 4. The lowest BCUT2D eigenvalue weighted by atomic mass is 9.97. The first-order chi connectivity index (χ1) is 26.3. The van der Waals surface area contributed by atoms with E-state index in [1.165, 1.54) is 0 Å². The summed E-state index contributed by atoms with van der Waals surface area (Å²) in [6.45, 7) is 0. The first kappa shape index (κ1) is 30.6. The van der Waals surface area contributed by atoms with Crippen LogP contribution in [0.25, 0.3) is 100 Å². The highest BCUT2D eigenvalue weighted by atomic mass is 16.3. The van der Waals surface area contributed by atoms with Gasteiger partial charge in [-0.1, -0.05) is 164 Å². The van der Waals surface area contributed by atoms with E-state index in [4.69, 9.17) is 19.4 Å². The molecule has 0 spiro atoms. The maximum atomic E-state index is 6.60.